The summed E-state index contributed by atoms with van der Waals surface area (Å²) < 4.78 is 5.30. The van der Waals surface area contributed by atoms with Crippen molar-refractivity contribution >= 4 is 17.4 Å². The average Bonchev–Trinajstić information content (AvgIpc) is 2.42. The van der Waals surface area contributed by atoms with Crippen LogP contribution in [0, 0.1) is 11.3 Å². The molecule has 1 aromatic carbocycles. The number of anilines is 1. The predicted molar refractivity (Wildman–Crippen MR) is 67.4 cm³/mol. The van der Waals surface area contributed by atoms with Gasteiger partial charge in [0.05, 0.1) is 24.7 Å². The van der Waals surface area contributed by atoms with E-state index in [1.807, 2.05) is 6.07 Å². The van der Waals surface area contributed by atoms with E-state index in [1.54, 1.807) is 18.2 Å². The zero-order valence-electron chi connectivity index (χ0n) is 10.3. The van der Waals surface area contributed by atoms with Gasteiger partial charge in [-0.1, -0.05) is 6.07 Å². The van der Waals surface area contributed by atoms with Gasteiger partial charge in [-0.3, -0.25) is 14.5 Å². The van der Waals surface area contributed by atoms with Crippen molar-refractivity contribution in [3.63, 3.8) is 0 Å². The summed E-state index contributed by atoms with van der Waals surface area (Å²) in [5, 5.41) is 8.49. The van der Waals surface area contributed by atoms with Crippen molar-refractivity contribution in [3.8, 4) is 11.8 Å². The number of hydrogen-bond donors (Lipinski definition) is 1. The molecule has 98 valence electrons. The number of ketones is 1. The molecule has 1 aliphatic rings. The number of hydrogen-bond acceptors (Lipinski definition) is 5. The minimum absolute atomic E-state index is 0.102. The highest BCUT2D eigenvalue weighted by molar-refractivity contribution is 6.02. The molecule has 0 saturated heterocycles. The largest absolute Gasteiger partial charge is 0.482 e. The Morgan fingerprint density at radius 3 is 3.00 bits per heavy atom. The number of carbonyl (C=O) groups excluding carboxylic acids is 2. The fourth-order valence-corrected chi connectivity index (χ4v) is 1.87. The number of Topliss-reactive ketones (excluding diaryl/α,β-unsaturated/α-hetero) is 1. The molecule has 0 aliphatic carbocycles. The number of fused-ring (bicyclic) bond motifs is 1. The van der Waals surface area contributed by atoms with E-state index in [0.29, 0.717) is 18.0 Å². The Morgan fingerprint density at radius 1 is 1.53 bits per heavy atom. The fourth-order valence-electron chi connectivity index (χ4n) is 1.87. The number of nitrogens with zero attached hydrogens (tertiary/aromatic N) is 2. The Morgan fingerprint density at radius 2 is 2.32 bits per heavy atom. The maximum absolute atomic E-state index is 11.8. The molecule has 0 atom stereocenters. The third-order valence-corrected chi connectivity index (χ3v) is 2.81. The summed E-state index contributed by atoms with van der Waals surface area (Å²) in [7, 11) is 0. The molecule has 0 unspecified atom stereocenters. The van der Waals surface area contributed by atoms with Gasteiger partial charge in [-0.15, -0.1) is 0 Å². The third kappa shape index (κ3) is 2.72. The highest BCUT2D eigenvalue weighted by atomic mass is 16.5. The molecule has 0 saturated carbocycles. The molecule has 0 bridgehead atoms. The van der Waals surface area contributed by atoms with Crippen molar-refractivity contribution in [2.24, 2.45) is 5.73 Å². The molecule has 1 heterocycles. The Hall–Kier alpha value is -2.39. The second kappa shape index (κ2) is 5.50. The quantitative estimate of drug-likeness (QED) is 0.841. The van der Waals surface area contributed by atoms with Crippen molar-refractivity contribution in [2.75, 3.05) is 18.1 Å². The molecule has 1 amide bonds. The molecule has 0 spiro atoms. The van der Waals surface area contributed by atoms with Crippen LogP contribution in [-0.4, -0.2) is 24.8 Å². The van der Waals surface area contributed by atoms with Gasteiger partial charge >= 0.3 is 0 Å². The lowest BCUT2D eigenvalue weighted by Crippen LogP contribution is -2.42. The number of nitrogens with two attached hydrogens (primary N) is 1. The molecule has 19 heavy (non-hydrogen) atoms. The van der Waals surface area contributed by atoms with Crippen molar-refractivity contribution in [1.82, 2.24) is 0 Å². The Balaban J connectivity index is 2.31. The number of carbonyl (C=O) groups is 2. The normalized spacial score (nSPS) is 13.5. The van der Waals surface area contributed by atoms with Crippen molar-refractivity contribution in [3.05, 3.63) is 23.8 Å². The number of nitriles is 1. The second-order valence-electron chi connectivity index (χ2n) is 4.15. The van der Waals surface area contributed by atoms with Gasteiger partial charge in [-0.25, -0.2) is 0 Å². The van der Waals surface area contributed by atoms with E-state index in [2.05, 4.69) is 0 Å². The second-order valence-corrected chi connectivity index (χ2v) is 4.15. The molecule has 0 fully saturated rings. The number of benzene rings is 1. The molecular formula is C13H13N3O3. The van der Waals surface area contributed by atoms with E-state index in [4.69, 9.17) is 15.7 Å². The van der Waals surface area contributed by atoms with Gasteiger partial charge in [0.2, 0.25) is 0 Å². The molecule has 1 aromatic rings. The number of ether oxygens (including phenoxy) is 1. The van der Waals surface area contributed by atoms with E-state index in [9.17, 15) is 9.59 Å². The van der Waals surface area contributed by atoms with Crippen LogP contribution < -0.4 is 15.4 Å². The van der Waals surface area contributed by atoms with E-state index in [1.165, 1.54) is 4.90 Å². The molecule has 1 aliphatic heterocycles. The molecule has 2 N–H and O–H groups in total. The first-order valence-electron chi connectivity index (χ1n) is 5.80. The first kappa shape index (κ1) is 13.1. The van der Waals surface area contributed by atoms with E-state index in [-0.39, 0.29) is 31.3 Å². The van der Waals surface area contributed by atoms with Crippen molar-refractivity contribution < 1.29 is 14.3 Å². The van der Waals surface area contributed by atoms with Gasteiger partial charge in [-0.2, -0.15) is 5.26 Å². The molecule has 0 aromatic heterocycles. The van der Waals surface area contributed by atoms with E-state index >= 15 is 0 Å². The van der Waals surface area contributed by atoms with Crippen LogP contribution in [0.1, 0.15) is 12.0 Å². The third-order valence-electron chi connectivity index (χ3n) is 2.81. The zero-order chi connectivity index (χ0) is 13.8. The van der Waals surface area contributed by atoms with Crippen LogP contribution in [0.4, 0.5) is 5.69 Å². The summed E-state index contributed by atoms with van der Waals surface area (Å²) >= 11 is 0. The Labute approximate surface area is 110 Å². The lowest BCUT2D eigenvalue weighted by atomic mass is 10.1. The molecule has 6 nitrogen and oxygen atoms in total. The Bertz CT molecular complexity index is 563. The highest BCUT2D eigenvalue weighted by Gasteiger charge is 2.27. The highest BCUT2D eigenvalue weighted by Crippen LogP contribution is 2.32. The number of rotatable bonds is 4. The van der Waals surface area contributed by atoms with Crippen LogP contribution in [0.25, 0.3) is 0 Å². The van der Waals surface area contributed by atoms with Gasteiger partial charge in [0.25, 0.3) is 5.91 Å². The van der Waals surface area contributed by atoms with Gasteiger partial charge < -0.3 is 10.5 Å². The summed E-state index contributed by atoms with van der Waals surface area (Å²) in [4.78, 5) is 24.7. The van der Waals surface area contributed by atoms with Crippen molar-refractivity contribution in [1.29, 1.82) is 5.26 Å². The van der Waals surface area contributed by atoms with Crippen LogP contribution in [0.2, 0.25) is 0 Å². The molecular weight excluding hydrogens is 246 g/mol. The van der Waals surface area contributed by atoms with Crippen LogP contribution in [-0.2, 0) is 16.1 Å². The van der Waals surface area contributed by atoms with E-state index < -0.39 is 0 Å². The Kier molecular flexibility index (Phi) is 3.78. The fraction of sp³-hybridized carbons (Fsp3) is 0.308. The smallest absolute Gasteiger partial charge is 0.265 e. The summed E-state index contributed by atoms with van der Waals surface area (Å²) in [6, 6.07) is 7.05. The summed E-state index contributed by atoms with van der Waals surface area (Å²) in [5.41, 5.74) is 6.93. The number of amides is 1. The van der Waals surface area contributed by atoms with Crippen LogP contribution in [0.5, 0.6) is 5.75 Å². The van der Waals surface area contributed by atoms with Crippen LogP contribution in [0.3, 0.4) is 0 Å². The first-order valence-corrected chi connectivity index (χ1v) is 5.80. The lowest BCUT2D eigenvalue weighted by molar-refractivity contribution is -0.124. The SMILES string of the molecule is N#CCC(=O)CN1C(=O)COc2ccc(CN)cc21. The molecule has 0 radical (unpaired) electrons. The van der Waals surface area contributed by atoms with E-state index in [0.717, 1.165) is 5.56 Å². The van der Waals surface area contributed by atoms with Crippen LogP contribution >= 0.6 is 0 Å². The minimum Gasteiger partial charge on any atom is -0.482 e. The predicted octanol–water partition coefficient (Wildman–Crippen LogP) is 0.353. The lowest BCUT2D eigenvalue weighted by Gasteiger charge is -2.29. The summed E-state index contributed by atoms with van der Waals surface area (Å²) in [5.74, 6) is -0.0589. The standard InChI is InChI=1S/C13H13N3O3/c14-4-3-10(17)7-16-11-5-9(6-15)1-2-12(11)19-8-13(16)18/h1-2,5H,3,6-8,15H2. The average molecular weight is 259 g/mol. The topological polar surface area (TPSA) is 96.4 Å². The van der Waals surface area contributed by atoms with Gasteiger partial charge in [0.15, 0.2) is 12.4 Å². The van der Waals surface area contributed by atoms with Gasteiger partial charge in [0, 0.05) is 6.54 Å². The van der Waals surface area contributed by atoms with Gasteiger partial charge in [0.1, 0.15) is 5.75 Å². The van der Waals surface area contributed by atoms with Gasteiger partial charge in [-0.05, 0) is 17.7 Å². The summed E-state index contributed by atoms with van der Waals surface area (Å²) in [6.07, 6.45) is -0.212. The summed E-state index contributed by atoms with van der Waals surface area (Å²) in [6.45, 7) is 0.118. The monoisotopic (exact) mass is 259 g/mol. The zero-order valence-corrected chi connectivity index (χ0v) is 10.3. The first-order chi connectivity index (χ1) is 9.15. The molecule has 2 rings (SSSR count). The molecule has 6 heteroatoms. The van der Waals surface area contributed by atoms with Crippen LogP contribution in [0.15, 0.2) is 18.2 Å². The maximum atomic E-state index is 11.8. The van der Waals surface area contributed by atoms with Crippen molar-refractivity contribution in [2.45, 2.75) is 13.0 Å². The maximum Gasteiger partial charge on any atom is 0.265 e. The minimum atomic E-state index is -0.304.